The third-order valence-corrected chi connectivity index (χ3v) is 4.33. The summed E-state index contributed by atoms with van der Waals surface area (Å²) in [6.07, 6.45) is 0.780. The minimum Gasteiger partial charge on any atom is -0.480 e. The average molecular weight is 348 g/mol. The van der Waals surface area contributed by atoms with Gasteiger partial charge in [0.15, 0.2) is 0 Å². The summed E-state index contributed by atoms with van der Waals surface area (Å²) < 4.78 is 5.25. The predicted molar refractivity (Wildman–Crippen MR) is 95.3 cm³/mol. The van der Waals surface area contributed by atoms with Gasteiger partial charge in [-0.1, -0.05) is 30.3 Å². The number of alkyl carbamates (subject to hydrolysis) is 1. The molecule has 1 aromatic rings. The van der Waals surface area contributed by atoms with Crippen molar-refractivity contribution in [3.05, 3.63) is 35.9 Å². The molecule has 25 heavy (non-hydrogen) atoms. The van der Waals surface area contributed by atoms with Gasteiger partial charge in [-0.2, -0.15) is 0 Å². The molecule has 0 bridgehead atoms. The second-order valence-corrected chi connectivity index (χ2v) is 7.63. The van der Waals surface area contributed by atoms with Gasteiger partial charge in [-0.05, 0) is 52.1 Å². The summed E-state index contributed by atoms with van der Waals surface area (Å²) in [7, 11) is 0. The van der Waals surface area contributed by atoms with Crippen LogP contribution in [0.25, 0.3) is 0 Å². The van der Waals surface area contributed by atoms with Crippen LogP contribution in [0.15, 0.2) is 30.3 Å². The summed E-state index contributed by atoms with van der Waals surface area (Å²) in [4.78, 5) is 26.3. The Hall–Kier alpha value is -2.08. The minimum atomic E-state index is -1.27. The van der Waals surface area contributed by atoms with Gasteiger partial charge in [0.1, 0.15) is 11.1 Å². The van der Waals surface area contributed by atoms with E-state index in [-0.39, 0.29) is 0 Å². The molecule has 1 aliphatic rings. The van der Waals surface area contributed by atoms with Crippen molar-refractivity contribution < 1.29 is 19.4 Å². The number of carbonyl (C=O) groups is 2. The number of hydrogen-bond donors (Lipinski definition) is 2. The zero-order chi connectivity index (χ0) is 18.5. The molecule has 0 spiro atoms. The summed E-state index contributed by atoms with van der Waals surface area (Å²) in [5.74, 6) is -1.00. The van der Waals surface area contributed by atoms with Crippen LogP contribution >= 0.6 is 0 Å². The third kappa shape index (κ3) is 5.74. The Kier molecular flexibility index (Phi) is 6.06. The molecule has 0 saturated carbocycles. The van der Waals surface area contributed by atoms with Crippen molar-refractivity contribution in [2.75, 3.05) is 13.1 Å². The Balaban J connectivity index is 2.02. The molecule has 138 valence electrons. The normalized spacial score (nSPS) is 22.0. The van der Waals surface area contributed by atoms with Gasteiger partial charge in [0.25, 0.3) is 0 Å². The Morgan fingerprint density at radius 3 is 2.48 bits per heavy atom. The molecule has 1 heterocycles. The predicted octanol–water partition coefficient (Wildman–Crippen LogP) is 3.02. The van der Waals surface area contributed by atoms with Crippen molar-refractivity contribution in [1.82, 2.24) is 10.2 Å². The lowest BCUT2D eigenvalue weighted by molar-refractivity contribution is -0.145. The van der Waals surface area contributed by atoms with Gasteiger partial charge >= 0.3 is 12.1 Å². The molecule has 0 aromatic heterocycles. The van der Waals surface area contributed by atoms with Crippen LogP contribution in [0.1, 0.15) is 45.6 Å². The molecule has 1 aliphatic heterocycles. The molecule has 1 amide bonds. The van der Waals surface area contributed by atoms with Gasteiger partial charge < -0.3 is 15.2 Å². The zero-order valence-corrected chi connectivity index (χ0v) is 15.2. The van der Waals surface area contributed by atoms with E-state index < -0.39 is 23.2 Å². The Morgan fingerprint density at radius 1 is 1.20 bits per heavy atom. The number of benzene rings is 1. The van der Waals surface area contributed by atoms with E-state index in [0.29, 0.717) is 25.8 Å². The molecule has 1 saturated heterocycles. The number of nitrogens with zero attached hydrogens (tertiary/aromatic N) is 1. The van der Waals surface area contributed by atoms with Crippen molar-refractivity contribution in [3.63, 3.8) is 0 Å². The molecule has 0 aliphatic carbocycles. The first-order chi connectivity index (χ1) is 11.7. The monoisotopic (exact) mass is 348 g/mol. The number of likely N-dealkylation sites (tertiary alicyclic amines) is 1. The van der Waals surface area contributed by atoms with Gasteiger partial charge in [-0.25, -0.2) is 9.59 Å². The molecule has 1 atom stereocenters. The molecular weight excluding hydrogens is 320 g/mol. The number of nitrogens with one attached hydrogen (secondary N) is 1. The Labute approximate surface area is 149 Å². The molecule has 1 fully saturated rings. The van der Waals surface area contributed by atoms with Crippen molar-refractivity contribution in [2.24, 2.45) is 0 Å². The largest absolute Gasteiger partial charge is 0.480 e. The summed E-state index contributed by atoms with van der Waals surface area (Å²) in [5.41, 5.74) is -0.729. The number of rotatable bonds is 4. The fourth-order valence-corrected chi connectivity index (χ4v) is 3.08. The second-order valence-electron chi connectivity index (χ2n) is 7.63. The highest BCUT2D eigenvalue weighted by molar-refractivity contribution is 5.84. The quantitative estimate of drug-likeness (QED) is 0.874. The number of hydrogen-bond acceptors (Lipinski definition) is 4. The van der Waals surface area contributed by atoms with E-state index in [2.05, 4.69) is 22.3 Å². The fourth-order valence-electron chi connectivity index (χ4n) is 3.08. The van der Waals surface area contributed by atoms with Gasteiger partial charge in [0.05, 0.1) is 0 Å². The number of ether oxygens (including phenoxy) is 1. The third-order valence-electron chi connectivity index (χ3n) is 4.33. The molecule has 2 rings (SSSR count). The minimum absolute atomic E-state index is 0.356. The number of carbonyl (C=O) groups excluding carboxylic acids is 1. The zero-order valence-electron chi connectivity index (χ0n) is 15.2. The van der Waals surface area contributed by atoms with Crippen molar-refractivity contribution in [1.29, 1.82) is 0 Å². The van der Waals surface area contributed by atoms with Crippen LogP contribution in [-0.4, -0.2) is 46.3 Å². The topological polar surface area (TPSA) is 78.9 Å². The van der Waals surface area contributed by atoms with Crippen LogP contribution in [0.2, 0.25) is 0 Å². The van der Waals surface area contributed by atoms with E-state index in [0.717, 1.165) is 13.1 Å². The number of aliphatic carboxylic acids is 1. The van der Waals surface area contributed by atoms with Crippen molar-refractivity contribution in [3.8, 4) is 0 Å². The molecular formula is C19H28N2O4. The lowest BCUT2D eigenvalue weighted by atomic mass is 9.91. The van der Waals surface area contributed by atoms with E-state index >= 15 is 0 Å². The van der Waals surface area contributed by atoms with Crippen LogP contribution in [0.5, 0.6) is 0 Å². The Bertz CT molecular complexity index is 597. The first kappa shape index (κ1) is 19.2. The smallest absolute Gasteiger partial charge is 0.408 e. The fraction of sp³-hybridized carbons (Fsp3) is 0.579. The lowest BCUT2D eigenvalue weighted by Crippen LogP contribution is -2.56. The van der Waals surface area contributed by atoms with E-state index in [4.69, 9.17) is 4.74 Å². The van der Waals surface area contributed by atoms with E-state index in [1.807, 2.05) is 18.2 Å². The molecule has 1 unspecified atom stereocenters. The van der Waals surface area contributed by atoms with Crippen LogP contribution in [0.3, 0.4) is 0 Å². The summed E-state index contributed by atoms with van der Waals surface area (Å²) in [6.45, 7) is 7.47. The van der Waals surface area contributed by atoms with E-state index in [9.17, 15) is 14.7 Å². The summed E-state index contributed by atoms with van der Waals surface area (Å²) >= 11 is 0. The molecule has 0 radical (unpaired) electrons. The van der Waals surface area contributed by atoms with Crippen LogP contribution in [0.4, 0.5) is 4.79 Å². The molecule has 2 N–H and O–H groups in total. The number of carboxylic acid groups (broad SMARTS) is 1. The molecule has 1 aromatic carbocycles. The van der Waals surface area contributed by atoms with Gasteiger partial charge in [0.2, 0.25) is 0 Å². The average Bonchev–Trinajstić information content (AvgIpc) is 2.70. The standard InChI is InChI=1S/C19H28N2O4/c1-18(2,3)25-17(24)20-19(16(22)23)10-7-12-21(13-11-19)14-15-8-5-4-6-9-15/h4-6,8-9H,7,10-14H2,1-3H3,(H,20,24)(H,22,23). The van der Waals surface area contributed by atoms with Crippen molar-refractivity contribution >= 4 is 12.1 Å². The Morgan fingerprint density at radius 2 is 1.88 bits per heavy atom. The maximum atomic E-state index is 12.1. The molecule has 6 heteroatoms. The second kappa shape index (κ2) is 7.87. The first-order valence-electron chi connectivity index (χ1n) is 8.71. The van der Waals surface area contributed by atoms with Crippen LogP contribution < -0.4 is 5.32 Å². The SMILES string of the molecule is CC(C)(C)OC(=O)NC1(C(=O)O)CCCN(Cc2ccccc2)CC1. The van der Waals surface area contributed by atoms with Gasteiger partial charge in [0, 0.05) is 13.1 Å². The van der Waals surface area contributed by atoms with Gasteiger partial charge in [-0.3, -0.25) is 4.90 Å². The lowest BCUT2D eigenvalue weighted by Gasteiger charge is -2.31. The highest BCUT2D eigenvalue weighted by Gasteiger charge is 2.42. The first-order valence-corrected chi connectivity index (χ1v) is 8.71. The highest BCUT2D eigenvalue weighted by Crippen LogP contribution is 2.25. The van der Waals surface area contributed by atoms with Crippen LogP contribution in [-0.2, 0) is 16.1 Å². The number of carboxylic acids is 1. The van der Waals surface area contributed by atoms with E-state index in [1.165, 1.54) is 5.56 Å². The van der Waals surface area contributed by atoms with Crippen molar-refractivity contribution in [2.45, 2.75) is 57.7 Å². The maximum Gasteiger partial charge on any atom is 0.408 e. The van der Waals surface area contributed by atoms with E-state index in [1.54, 1.807) is 20.8 Å². The summed E-state index contributed by atoms with van der Waals surface area (Å²) in [6, 6.07) is 10.1. The summed E-state index contributed by atoms with van der Waals surface area (Å²) in [5, 5.41) is 12.4. The van der Waals surface area contributed by atoms with Gasteiger partial charge in [-0.15, -0.1) is 0 Å². The number of amides is 1. The maximum absolute atomic E-state index is 12.1. The van der Waals surface area contributed by atoms with Crippen LogP contribution in [0, 0.1) is 0 Å². The highest BCUT2D eigenvalue weighted by atomic mass is 16.6. The molecule has 6 nitrogen and oxygen atoms in total.